The number of halogens is 3. The van der Waals surface area contributed by atoms with Crippen LogP contribution in [0.3, 0.4) is 0 Å². The van der Waals surface area contributed by atoms with Gasteiger partial charge in [0.1, 0.15) is 5.75 Å². The number of rotatable bonds is 6. The Morgan fingerprint density at radius 2 is 2.00 bits per heavy atom. The molecule has 4 rings (SSSR count). The number of nitrogens with zero attached hydrogens (tertiary/aromatic N) is 2. The van der Waals surface area contributed by atoms with Gasteiger partial charge in [0, 0.05) is 29.3 Å². The largest absolute Gasteiger partial charge is 0.504 e. The van der Waals surface area contributed by atoms with Gasteiger partial charge in [0.2, 0.25) is 0 Å². The molecule has 2 heterocycles. The second-order valence-corrected chi connectivity index (χ2v) is 7.91. The molecule has 1 atom stereocenters. The van der Waals surface area contributed by atoms with Crippen molar-refractivity contribution in [3.8, 4) is 28.6 Å². The minimum atomic E-state index is -4.96. The molecule has 0 saturated carbocycles. The Hall–Kier alpha value is -4.02. The molecule has 2 N–H and O–H groups in total. The summed E-state index contributed by atoms with van der Waals surface area (Å²) in [7, 11) is 0. The maximum Gasteiger partial charge on any atom is 0.471 e. The first-order valence-electron chi connectivity index (χ1n) is 10.9. The molecule has 11 heteroatoms. The van der Waals surface area contributed by atoms with Crippen LogP contribution >= 0.6 is 0 Å². The molecule has 0 saturated heterocycles. The van der Waals surface area contributed by atoms with E-state index in [2.05, 4.69) is 14.7 Å². The standard InChI is InChI=1S/C24H22F3N3O5/c1-3-14(30(4-2)22(32)24(25,26)27)9-11-15-16-10-8-13(21-28-23(33)35-29-21)12-19(16)34-20-17(15)6-5-7-18(20)31/h5-8,10-12,14,31H,3-4,9H2,1-2H3,(H,28,29,33)/b15-11+. The number of aromatic hydroxyl groups is 1. The van der Waals surface area contributed by atoms with Crippen LogP contribution in [0.15, 0.2) is 51.8 Å². The highest BCUT2D eigenvalue weighted by Gasteiger charge is 2.43. The Labute approximate surface area is 197 Å². The maximum absolute atomic E-state index is 13.1. The molecule has 1 unspecified atom stereocenters. The number of para-hydroxylation sites is 1. The molecule has 1 aliphatic rings. The third-order valence-corrected chi connectivity index (χ3v) is 5.83. The first-order chi connectivity index (χ1) is 16.6. The van der Waals surface area contributed by atoms with Gasteiger partial charge in [-0.05, 0) is 43.5 Å². The number of hydrogen-bond donors (Lipinski definition) is 2. The highest BCUT2D eigenvalue weighted by Crippen LogP contribution is 2.48. The number of carbonyl (C=O) groups excluding carboxylic acids is 1. The van der Waals surface area contributed by atoms with Gasteiger partial charge in [-0.15, -0.1) is 0 Å². The summed E-state index contributed by atoms with van der Waals surface area (Å²) in [5, 5.41) is 14.1. The molecule has 0 bridgehead atoms. The fraction of sp³-hybridized carbons (Fsp3) is 0.292. The number of aromatic nitrogens is 2. The van der Waals surface area contributed by atoms with E-state index < -0.39 is 23.9 Å². The number of benzene rings is 2. The van der Waals surface area contributed by atoms with E-state index in [0.29, 0.717) is 34.4 Å². The average molecular weight is 489 g/mol. The summed E-state index contributed by atoms with van der Waals surface area (Å²) in [6.45, 7) is 3.14. The third kappa shape index (κ3) is 4.66. The predicted molar refractivity (Wildman–Crippen MR) is 120 cm³/mol. The number of H-pyrrole nitrogens is 1. The fourth-order valence-electron chi connectivity index (χ4n) is 4.15. The monoisotopic (exact) mass is 489 g/mol. The van der Waals surface area contributed by atoms with Gasteiger partial charge in [0.15, 0.2) is 17.3 Å². The zero-order chi connectivity index (χ0) is 25.3. The Balaban J connectivity index is 1.76. The smallest absolute Gasteiger partial charge is 0.471 e. The number of ether oxygens (including phenoxy) is 1. The van der Waals surface area contributed by atoms with Crippen LogP contribution in [0.25, 0.3) is 17.0 Å². The van der Waals surface area contributed by atoms with Crippen LogP contribution in [0.4, 0.5) is 13.2 Å². The number of aromatic amines is 1. The van der Waals surface area contributed by atoms with E-state index in [9.17, 15) is 27.9 Å². The SMILES string of the molecule is CCC(C/C=C1\c2ccc(-c3noc(=O)[nH]3)cc2Oc2c(O)cccc21)N(CC)C(=O)C(F)(F)F. The summed E-state index contributed by atoms with van der Waals surface area (Å²) in [5.41, 5.74) is 2.30. The molecule has 1 aromatic heterocycles. The molecule has 1 aliphatic heterocycles. The van der Waals surface area contributed by atoms with Gasteiger partial charge < -0.3 is 14.7 Å². The molecule has 0 fully saturated rings. The van der Waals surface area contributed by atoms with Crippen LogP contribution in [0.1, 0.15) is 37.8 Å². The van der Waals surface area contributed by atoms with Crippen molar-refractivity contribution in [3.05, 3.63) is 64.2 Å². The topological polar surface area (TPSA) is 109 Å². The lowest BCUT2D eigenvalue weighted by atomic mass is 9.91. The van der Waals surface area contributed by atoms with Gasteiger partial charge in [0.05, 0.1) is 0 Å². The number of amides is 1. The van der Waals surface area contributed by atoms with E-state index in [0.717, 1.165) is 4.90 Å². The lowest BCUT2D eigenvalue weighted by Crippen LogP contribution is -2.46. The van der Waals surface area contributed by atoms with E-state index in [4.69, 9.17) is 4.74 Å². The normalized spacial score (nSPS) is 14.7. The predicted octanol–water partition coefficient (Wildman–Crippen LogP) is 4.85. The number of nitrogens with one attached hydrogen (secondary N) is 1. The molecular weight excluding hydrogens is 467 g/mol. The van der Waals surface area contributed by atoms with E-state index in [1.807, 2.05) is 0 Å². The Bertz CT molecular complexity index is 1340. The van der Waals surface area contributed by atoms with Crippen molar-refractivity contribution in [1.82, 2.24) is 15.0 Å². The number of carbonyl (C=O) groups is 1. The number of phenols is 1. The molecule has 0 spiro atoms. The molecule has 0 aliphatic carbocycles. The molecule has 184 valence electrons. The van der Waals surface area contributed by atoms with Crippen LogP contribution in [0.2, 0.25) is 0 Å². The molecule has 0 radical (unpaired) electrons. The Kier molecular flexibility index (Phi) is 6.42. The highest BCUT2D eigenvalue weighted by molar-refractivity contribution is 5.90. The van der Waals surface area contributed by atoms with E-state index >= 15 is 0 Å². The summed E-state index contributed by atoms with van der Waals surface area (Å²) >= 11 is 0. The summed E-state index contributed by atoms with van der Waals surface area (Å²) in [5.74, 6) is -2.00. The summed E-state index contributed by atoms with van der Waals surface area (Å²) in [6, 6.07) is 9.13. The van der Waals surface area contributed by atoms with Gasteiger partial charge in [-0.2, -0.15) is 13.2 Å². The van der Waals surface area contributed by atoms with E-state index in [1.54, 1.807) is 43.3 Å². The van der Waals surface area contributed by atoms with Crippen molar-refractivity contribution in [1.29, 1.82) is 0 Å². The minimum absolute atomic E-state index is 0.0869. The fourth-order valence-corrected chi connectivity index (χ4v) is 4.15. The summed E-state index contributed by atoms with van der Waals surface area (Å²) in [4.78, 5) is 26.5. The first kappa shape index (κ1) is 24.1. The number of phenolic OH excluding ortho intramolecular Hbond substituents is 1. The third-order valence-electron chi connectivity index (χ3n) is 5.83. The first-order valence-corrected chi connectivity index (χ1v) is 10.9. The van der Waals surface area contributed by atoms with Crippen molar-refractivity contribution >= 4 is 11.5 Å². The van der Waals surface area contributed by atoms with E-state index in [-0.39, 0.29) is 30.3 Å². The second-order valence-electron chi connectivity index (χ2n) is 7.91. The lowest BCUT2D eigenvalue weighted by Gasteiger charge is -2.31. The molecule has 3 aromatic rings. The minimum Gasteiger partial charge on any atom is -0.504 e. The summed E-state index contributed by atoms with van der Waals surface area (Å²) < 4.78 is 49.8. The molecule has 35 heavy (non-hydrogen) atoms. The average Bonchev–Trinajstić information content (AvgIpc) is 3.26. The van der Waals surface area contributed by atoms with Gasteiger partial charge in [-0.3, -0.25) is 14.3 Å². The van der Waals surface area contributed by atoms with Crippen molar-refractivity contribution in [2.24, 2.45) is 0 Å². The van der Waals surface area contributed by atoms with Gasteiger partial charge in [-0.25, -0.2) is 4.79 Å². The van der Waals surface area contributed by atoms with E-state index in [1.165, 1.54) is 13.0 Å². The number of alkyl halides is 3. The highest BCUT2D eigenvalue weighted by atomic mass is 19.4. The molecular formula is C24H22F3N3O5. The maximum atomic E-state index is 13.1. The van der Waals surface area contributed by atoms with Crippen LogP contribution in [0, 0.1) is 0 Å². The second kappa shape index (κ2) is 9.32. The van der Waals surface area contributed by atoms with Crippen LogP contribution in [-0.2, 0) is 4.79 Å². The zero-order valence-corrected chi connectivity index (χ0v) is 18.8. The van der Waals surface area contributed by atoms with Crippen LogP contribution in [0.5, 0.6) is 17.2 Å². The van der Waals surface area contributed by atoms with Crippen LogP contribution in [-0.4, -0.2) is 44.8 Å². The van der Waals surface area contributed by atoms with Crippen LogP contribution < -0.4 is 10.5 Å². The van der Waals surface area contributed by atoms with Gasteiger partial charge in [-0.1, -0.05) is 36.4 Å². The number of hydrogen-bond acceptors (Lipinski definition) is 6. The zero-order valence-electron chi connectivity index (χ0n) is 18.8. The number of fused-ring (bicyclic) bond motifs is 2. The Morgan fingerprint density at radius 1 is 1.23 bits per heavy atom. The molecule has 2 aromatic carbocycles. The van der Waals surface area contributed by atoms with Crippen molar-refractivity contribution < 1.29 is 32.3 Å². The lowest BCUT2D eigenvalue weighted by molar-refractivity contribution is -0.187. The quantitative estimate of drug-likeness (QED) is 0.401. The molecule has 1 amide bonds. The molecule has 8 nitrogen and oxygen atoms in total. The van der Waals surface area contributed by atoms with Crippen molar-refractivity contribution in [2.75, 3.05) is 6.54 Å². The van der Waals surface area contributed by atoms with Crippen molar-refractivity contribution in [3.63, 3.8) is 0 Å². The van der Waals surface area contributed by atoms with Crippen molar-refractivity contribution in [2.45, 2.75) is 38.9 Å². The van der Waals surface area contributed by atoms with Gasteiger partial charge >= 0.3 is 17.8 Å². The van der Waals surface area contributed by atoms with Gasteiger partial charge in [0.25, 0.3) is 0 Å². The summed E-state index contributed by atoms with van der Waals surface area (Å²) in [6.07, 6.45) is -2.75. The Morgan fingerprint density at radius 3 is 2.63 bits per heavy atom.